The normalized spacial score (nSPS) is 15.3. The summed E-state index contributed by atoms with van der Waals surface area (Å²) in [6.45, 7) is 8.27. The average Bonchev–Trinajstić information content (AvgIpc) is 2.46. The van der Waals surface area contributed by atoms with E-state index >= 15 is 0 Å². The fourth-order valence-electron chi connectivity index (χ4n) is 2.00. The molecule has 96 valence electrons. The summed E-state index contributed by atoms with van der Waals surface area (Å²) >= 11 is 5.34. The zero-order valence-corrected chi connectivity index (χ0v) is 11.2. The summed E-state index contributed by atoms with van der Waals surface area (Å²) in [5, 5.41) is 4.00. The number of piperazine rings is 1. The van der Waals surface area contributed by atoms with Gasteiger partial charge in [0.15, 0.2) is 5.11 Å². The van der Waals surface area contributed by atoms with E-state index in [2.05, 4.69) is 38.8 Å². The SMILES string of the molecule is C=CCNC(=S)N1CCN(c2cccc[nH+]2)CC1. The van der Waals surface area contributed by atoms with Gasteiger partial charge in [-0.25, -0.2) is 4.98 Å². The second-order valence-corrected chi connectivity index (χ2v) is 4.58. The second kappa shape index (κ2) is 6.35. The van der Waals surface area contributed by atoms with Crippen LogP contribution in [0, 0.1) is 0 Å². The standard InChI is InChI=1S/C13H18N4S/c1-2-6-15-13(18)17-10-8-16(9-11-17)12-5-3-4-7-14-12/h2-5,7H,1,6,8-11H2,(H,15,18)/p+1. The van der Waals surface area contributed by atoms with Crippen LogP contribution in [0.25, 0.3) is 0 Å². The molecule has 0 radical (unpaired) electrons. The van der Waals surface area contributed by atoms with Gasteiger partial charge in [0.2, 0.25) is 0 Å². The minimum Gasteiger partial charge on any atom is -0.359 e. The molecule has 0 amide bonds. The summed E-state index contributed by atoms with van der Waals surface area (Å²) in [7, 11) is 0. The van der Waals surface area contributed by atoms with E-state index in [1.807, 2.05) is 18.3 Å². The van der Waals surface area contributed by atoms with Gasteiger partial charge in [-0.3, -0.25) is 4.90 Å². The number of thiocarbonyl (C=S) groups is 1. The number of pyridine rings is 1. The maximum atomic E-state index is 5.34. The van der Waals surface area contributed by atoms with Crippen LogP contribution in [0.15, 0.2) is 37.1 Å². The van der Waals surface area contributed by atoms with E-state index in [-0.39, 0.29) is 0 Å². The predicted molar refractivity (Wildman–Crippen MR) is 77.6 cm³/mol. The van der Waals surface area contributed by atoms with Crippen molar-refractivity contribution in [1.82, 2.24) is 10.2 Å². The molecule has 1 aliphatic rings. The van der Waals surface area contributed by atoms with Crippen LogP contribution in [0.3, 0.4) is 0 Å². The molecule has 2 N–H and O–H groups in total. The van der Waals surface area contributed by atoms with Crippen molar-refractivity contribution in [3.8, 4) is 0 Å². The van der Waals surface area contributed by atoms with E-state index in [0.717, 1.165) is 37.8 Å². The van der Waals surface area contributed by atoms with Crippen LogP contribution in [0.2, 0.25) is 0 Å². The lowest BCUT2D eigenvalue weighted by Gasteiger charge is -2.32. The summed E-state index contributed by atoms with van der Waals surface area (Å²) in [4.78, 5) is 7.81. The average molecular weight is 263 g/mol. The first-order valence-electron chi connectivity index (χ1n) is 6.16. The Labute approximate surface area is 113 Å². The molecule has 0 aromatic carbocycles. The van der Waals surface area contributed by atoms with Gasteiger partial charge in [-0.2, -0.15) is 0 Å². The minimum absolute atomic E-state index is 0.728. The molecule has 0 saturated carbocycles. The summed E-state index contributed by atoms with van der Waals surface area (Å²) in [6.07, 6.45) is 3.78. The van der Waals surface area contributed by atoms with Gasteiger partial charge in [-0.15, -0.1) is 6.58 Å². The monoisotopic (exact) mass is 263 g/mol. The number of H-pyrrole nitrogens is 1. The maximum Gasteiger partial charge on any atom is 0.274 e. The van der Waals surface area contributed by atoms with Crippen molar-refractivity contribution in [3.63, 3.8) is 0 Å². The molecule has 1 aromatic heterocycles. The molecule has 1 saturated heterocycles. The Morgan fingerprint density at radius 3 is 2.78 bits per heavy atom. The highest BCUT2D eigenvalue weighted by Gasteiger charge is 2.23. The quantitative estimate of drug-likeness (QED) is 0.642. The molecule has 18 heavy (non-hydrogen) atoms. The highest BCUT2D eigenvalue weighted by Crippen LogP contribution is 2.09. The first-order chi connectivity index (χ1) is 8.81. The van der Waals surface area contributed by atoms with Crippen molar-refractivity contribution in [2.24, 2.45) is 0 Å². The molecule has 2 heterocycles. The molecular formula is C13H19N4S+. The lowest BCUT2D eigenvalue weighted by Crippen LogP contribution is -2.52. The van der Waals surface area contributed by atoms with E-state index in [1.54, 1.807) is 0 Å². The summed E-state index contributed by atoms with van der Waals surface area (Å²) < 4.78 is 0. The van der Waals surface area contributed by atoms with Crippen LogP contribution >= 0.6 is 12.2 Å². The highest BCUT2D eigenvalue weighted by atomic mass is 32.1. The Morgan fingerprint density at radius 2 is 2.17 bits per heavy atom. The lowest BCUT2D eigenvalue weighted by atomic mass is 10.3. The van der Waals surface area contributed by atoms with E-state index in [4.69, 9.17) is 12.2 Å². The fourth-order valence-corrected chi connectivity index (χ4v) is 2.27. The van der Waals surface area contributed by atoms with Gasteiger partial charge in [0.05, 0.1) is 19.3 Å². The van der Waals surface area contributed by atoms with Crippen LogP contribution in [0.4, 0.5) is 5.82 Å². The van der Waals surface area contributed by atoms with Crippen molar-refractivity contribution < 1.29 is 4.98 Å². The van der Waals surface area contributed by atoms with E-state index < -0.39 is 0 Å². The van der Waals surface area contributed by atoms with Crippen LogP contribution in [-0.2, 0) is 0 Å². The predicted octanol–water partition coefficient (Wildman–Crippen LogP) is 0.683. The van der Waals surface area contributed by atoms with Gasteiger partial charge < -0.3 is 10.2 Å². The number of nitrogens with one attached hydrogen (secondary N) is 2. The smallest absolute Gasteiger partial charge is 0.274 e. The van der Waals surface area contributed by atoms with Gasteiger partial charge >= 0.3 is 0 Å². The van der Waals surface area contributed by atoms with Crippen molar-refractivity contribution in [3.05, 3.63) is 37.1 Å². The van der Waals surface area contributed by atoms with E-state index in [9.17, 15) is 0 Å². The van der Waals surface area contributed by atoms with E-state index in [1.165, 1.54) is 5.82 Å². The Morgan fingerprint density at radius 1 is 1.39 bits per heavy atom. The largest absolute Gasteiger partial charge is 0.359 e. The van der Waals surface area contributed by atoms with E-state index in [0.29, 0.717) is 0 Å². The summed E-state index contributed by atoms with van der Waals surface area (Å²) in [5.74, 6) is 1.17. The zero-order chi connectivity index (χ0) is 12.8. The van der Waals surface area contributed by atoms with Gasteiger partial charge in [-0.05, 0) is 18.3 Å². The van der Waals surface area contributed by atoms with Crippen LogP contribution in [-0.4, -0.2) is 42.7 Å². The van der Waals surface area contributed by atoms with Crippen LogP contribution < -0.4 is 15.2 Å². The molecule has 0 spiro atoms. The third kappa shape index (κ3) is 3.20. The Kier molecular flexibility index (Phi) is 4.52. The molecule has 1 aromatic rings. The lowest BCUT2D eigenvalue weighted by molar-refractivity contribution is -0.364. The second-order valence-electron chi connectivity index (χ2n) is 4.20. The molecular weight excluding hydrogens is 244 g/mol. The van der Waals surface area contributed by atoms with Gasteiger partial charge in [-0.1, -0.05) is 12.1 Å². The fraction of sp³-hybridized carbons (Fsp3) is 0.385. The van der Waals surface area contributed by atoms with Crippen LogP contribution in [0.1, 0.15) is 0 Å². The number of hydrogen-bond acceptors (Lipinski definition) is 2. The number of aromatic amines is 1. The number of rotatable bonds is 3. The molecule has 2 rings (SSSR count). The number of anilines is 1. The molecule has 0 atom stereocenters. The Hall–Kier alpha value is -1.62. The zero-order valence-electron chi connectivity index (χ0n) is 10.4. The number of aromatic nitrogens is 1. The third-order valence-corrected chi connectivity index (χ3v) is 3.40. The Balaban J connectivity index is 1.84. The topological polar surface area (TPSA) is 32.6 Å². The molecule has 4 nitrogen and oxygen atoms in total. The minimum atomic E-state index is 0.728. The number of nitrogens with zero attached hydrogens (tertiary/aromatic N) is 2. The molecule has 1 fully saturated rings. The molecule has 0 unspecified atom stereocenters. The number of hydrogen-bond donors (Lipinski definition) is 1. The highest BCUT2D eigenvalue weighted by molar-refractivity contribution is 7.80. The Bertz CT molecular complexity index is 399. The van der Waals surface area contributed by atoms with Gasteiger partial charge in [0, 0.05) is 12.6 Å². The first kappa shape index (κ1) is 12.8. The van der Waals surface area contributed by atoms with Crippen molar-refractivity contribution in [1.29, 1.82) is 0 Å². The third-order valence-electron chi connectivity index (χ3n) is 3.00. The van der Waals surface area contributed by atoms with Gasteiger partial charge in [0.1, 0.15) is 13.1 Å². The van der Waals surface area contributed by atoms with Crippen molar-refractivity contribution in [2.75, 3.05) is 37.6 Å². The molecule has 1 aliphatic heterocycles. The maximum absolute atomic E-state index is 5.34. The van der Waals surface area contributed by atoms with Crippen LogP contribution in [0.5, 0.6) is 0 Å². The molecule has 5 heteroatoms. The molecule has 0 aliphatic carbocycles. The van der Waals surface area contributed by atoms with Crippen molar-refractivity contribution in [2.45, 2.75) is 0 Å². The van der Waals surface area contributed by atoms with Gasteiger partial charge in [0.25, 0.3) is 5.82 Å². The summed E-state index contributed by atoms with van der Waals surface area (Å²) in [6, 6.07) is 6.15. The van der Waals surface area contributed by atoms with Crippen molar-refractivity contribution >= 4 is 23.1 Å². The first-order valence-corrected chi connectivity index (χ1v) is 6.57. The molecule has 0 bridgehead atoms. The summed E-state index contributed by atoms with van der Waals surface area (Å²) in [5.41, 5.74) is 0.